The van der Waals surface area contributed by atoms with Crippen molar-refractivity contribution in [1.82, 2.24) is 9.55 Å². The van der Waals surface area contributed by atoms with E-state index in [1.54, 1.807) is 22.0 Å². The van der Waals surface area contributed by atoms with Gasteiger partial charge in [-0.2, -0.15) is 5.10 Å². The van der Waals surface area contributed by atoms with Crippen molar-refractivity contribution < 1.29 is 0 Å². The number of hydrazone groups is 1. The molecule has 1 N–H and O–H groups in total. The predicted molar refractivity (Wildman–Crippen MR) is 96.6 cm³/mol. The van der Waals surface area contributed by atoms with Crippen LogP contribution in [0.3, 0.4) is 0 Å². The number of thiophene rings is 1. The van der Waals surface area contributed by atoms with Crippen LogP contribution < -0.4 is 11.0 Å². The maximum Gasteiger partial charge on any atom is 0.262 e. The van der Waals surface area contributed by atoms with Crippen LogP contribution >= 0.6 is 11.3 Å². The van der Waals surface area contributed by atoms with Crippen LogP contribution in [0.1, 0.15) is 23.6 Å². The van der Waals surface area contributed by atoms with Gasteiger partial charge < -0.3 is 0 Å². The van der Waals surface area contributed by atoms with Gasteiger partial charge >= 0.3 is 0 Å². The van der Waals surface area contributed by atoms with Gasteiger partial charge in [0.25, 0.3) is 5.56 Å². The number of nitrogens with zero attached hydrogens (tertiary/aromatic N) is 3. The zero-order chi connectivity index (χ0) is 16.4. The van der Waals surface area contributed by atoms with Crippen LogP contribution in [-0.2, 0) is 6.54 Å². The lowest BCUT2D eigenvalue weighted by atomic mass is 10.2. The Kier molecular flexibility index (Phi) is 4.25. The number of para-hydroxylation sites is 1. The highest BCUT2D eigenvalue weighted by atomic mass is 32.1. The fraction of sp³-hybridized carbons (Fsp3) is 0.235. The minimum atomic E-state index is -0.0552. The SMILES string of the molecule is CCn1c(N/N=C(/C)c2ccc(C)s2)nc2ccccc2c1=O. The molecule has 0 unspecified atom stereocenters. The number of hydrogen-bond donors (Lipinski definition) is 1. The average Bonchev–Trinajstić information content (AvgIpc) is 2.99. The highest BCUT2D eigenvalue weighted by molar-refractivity contribution is 7.14. The molecule has 0 spiro atoms. The molecule has 0 radical (unpaired) electrons. The highest BCUT2D eigenvalue weighted by Crippen LogP contribution is 2.16. The van der Waals surface area contributed by atoms with E-state index in [2.05, 4.69) is 28.5 Å². The summed E-state index contributed by atoms with van der Waals surface area (Å²) >= 11 is 1.69. The quantitative estimate of drug-likeness (QED) is 0.588. The minimum Gasteiger partial charge on any atom is -0.277 e. The third-order valence-corrected chi connectivity index (χ3v) is 4.71. The fourth-order valence-electron chi connectivity index (χ4n) is 2.36. The predicted octanol–water partition coefficient (Wildman–Crippen LogP) is 3.62. The Morgan fingerprint density at radius 2 is 2.09 bits per heavy atom. The van der Waals surface area contributed by atoms with Gasteiger partial charge in [-0.1, -0.05) is 12.1 Å². The number of aryl methyl sites for hydroxylation is 1. The van der Waals surface area contributed by atoms with Gasteiger partial charge in [-0.3, -0.25) is 9.36 Å². The van der Waals surface area contributed by atoms with Gasteiger partial charge in [-0.25, -0.2) is 10.4 Å². The van der Waals surface area contributed by atoms with Crippen LogP contribution in [0.2, 0.25) is 0 Å². The van der Waals surface area contributed by atoms with Crippen molar-refractivity contribution >= 4 is 33.9 Å². The van der Waals surface area contributed by atoms with E-state index in [0.29, 0.717) is 23.4 Å². The van der Waals surface area contributed by atoms with E-state index in [9.17, 15) is 4.79 Å². The molecular formula is C17H18N4OS. The van der Waals surface area contributed by atoms with Crippen LogP contribution in [-0.4, -0.2) is 15.3 Å². The maximum absolute atomic E-state index is 12.5. The fourth-order valence-corrected chi connectivity index (χ4v) is 3.18. The lowest BCUT2D eigenvalue weighted by molar-refractivity contribution is 0.724. The molecule has 2 aromatic heterocycles. The van der Waals surface area contributed by atoms with Crippen molar-refractivity contribution in [2.75, 3.05) is 5.43 Å². The number of rotatable bonds is 4. The summed E-state index contributed by atoms with van der Waals surface area (Å²) in [5.74, 6) is 0.462. The Labute approximate surface area is 138 Å². The largest absolute Gasteiger partial charge is 0.277 e. The normalized spacial score (nSPS) is 11.9. The Balaban J connectivity index is 2.01. The Hall–Kier alpha value is -2.47. The molecule has 0 saturated heterocycles. The van der Waals surface area contributed by atoms with Crippen molar-refractivity contribution in [2.45, 2.75) is 27.3 Å². The summed E-state index contributed by atoms with van der Waals surface area (Å²) in [6, 6.07) is 11.5. The van der Waals surface area contributed by atoms with Crippen LogP contribution in [0.4, 0.5) is 5.95 Å². The van der Waals surface area contributed by atoms with E-state index in [4.69, 9.17) is 0 Å². The van der Waals surface area contributed by atoms with Gasteiger partial charge in [0, 0.05) is 11.4 Å². The van der Waals surface area contributed by atoms with Crippen LogP contribution in [0.15, 0.2) is 46.3 Å². The van der Waals surface area contributed by atoms with Crippen molar-refractivity contribution in [1.29, 1.82) is 0 Å². The van der Waals surface area contributed by atoms with Crippen molar-refractivity contribution in [3.63, 3.8) is 0 Å². The lowest BCUT2D eigenvalue weighted by Crippen LogP contribution is -2.23. The van der Waals surface area contributed by atoms with Crippen molar-refractivity contribution in [3.8, 4) is 0 Å². The van der Waals surface area contributed by atoms with E-state index >= 15 is 0 Å². The molecule has 0 atom stereocenters. The van der Waals surface area contributed by atoms with Gasteiger partial charge in [0.05, 0.1) is 21.5 Å². The van der Waals surface area contributed by atoms with Crippen molar-refractivity contribution in [2.24, 2.45) is 5.10 Å². The molecule has 1 aromatic carbocycles. The number of anilines is 1. The number of benzene rings is 1. The molecule has 0 aliphatic heterocycles. The zero-order valence-electron chi connectivity index (χ0n) is 13.3. The molecular weight excluding hydrogens is 308 g/mol. The summed E-state index contributed by atoms with van der Waals surface area (Å²) in [5, 5.41) is 5.01. The van der Waals surface area contributed by atoms with Gasteiger partial charge in [0.2, 0.25) is 5.95 Å². The molecule has 0 aliphatic carbocycles. The van der Waals surface area contributed by atoms with Crippen LogP contribution in [0, 0.1) is 6.92 Å². The molecule has 0 fully saturated rings. The van der Waals surface area contributed by atoms with E-state index in [1.807, 2.05) is 38.1 Å². The Bertz CT molecular complexity index is 939. The summed E-state index contributed by atoms with van der Waals surface area (Å²) < 4.78 is 1.60. The summed E-state index contributed by atoms with van der Waals surface area (Å²) in [5.41, 5.74) is 4.44. The average molecular weight is 326 g/mol. The van der Waals surface area contributed by atoms with Gasteiger partial charge in [-0.15, -0.1) is 11.3 Å². The van der Waals surface area contributed by atoms with E-state index in [1.165, 1.54) is 4.88 Å². The first-order chi connectivity index (χ1) is 11.1. The molecule has 2 heterocycles. The van der Waals surface area contributed by atoms with E-state index in [0.717, 1.165) is 10.6 Å². The topological polar surface area (TPSA) is 59.3 Å². The first kappa shape index (κ1) is 15.4. The third-order valence-electron chi connectivity index (χ3n) is 3.60. The number of hydrogen-bond acceptors (Lipinski definition) is 5. The second-order valence-corrected chi connectivity index (χ2v) is 6.51. The summed E-state index contributed by atoms with van der Waals surface area (Å²) in [4.78, 5) is 19.4. The second-order valence-electron chi connectivity index (χ2n) is 5.22. The first-order valence-electron chi connectivity index (χ1n) is 7.47. The van der Waals surface area contributed by atoms with E-state index in [-0.39, 0.29) is 5.56 Å². The molecule has 3 aromatic rings. The molecule has 0 bridgehead atoms. The first-order valence-corrected chi connectivity index (χ1v) is 8.28. The van der Waals surface area contributed by atoms with Crippen molar-refractivity contribution in [3.05, 3.63) is 56.5 Å². The molecule has 0 amide bonds. The van der Waals surface area contributed by atoms with Gasteiger partial charge in [0.1, 0.15) is 0 Å². The smallest absolute Gasteiger partial charge is 0.262 e. The lowest BCUT2D eigenvalue weighted by Gasteiger charge is -2.11. The van der Waals surface area contributed by atoms with Crippen LogP contribution in [0.5, 0.6) is 0 Å². The number of nitrogens with one attached hydrogen (secondary N) is 1. The molecule has 0 saturated carbocycles. The monoisotopic (exact) mass is 326 g/mol. The number of fused-ring (bicyclic) bond motifs is 1. The summed E-state index contributed by atoms with van der Waals surface area (Å²) in [7, 11) is 0. The Morgan fingerprint density at radius 3 is 2.78 bits per heavy atom. The minimum absolute atomic E-state index is 0.0552. The van der Waals surface area contributed by atoms with Crippen LogP contribution in [0.25, 0.3) is 10.9 Å². The van der Waals surface area contributed by atoms with Gasteiger partial charge in [-0.05, 0) is 45.0 Å². The number of aromatic nitrogens is 2. The Morgan fingerprint density at radius 1 is 1.30 bits per heavy atom. The molecule has 6 heteroatoms. The zero-order valence-corrected chi connectivity index (χ0v) is 14.1. The summed E-state index contributed by atoms with van der Waals surface area (Å²) in [6.45, 7) is 6.45. The molecule has 3 rings (SSSR count). The highest BCUT2D eigenvalue weighted by Gasteiger charge is 2.09. The second kappa shape index (κ2) is 6.34. The maximum atomic E-state index is 12.5. The van der Waals surface area contributed by atoms with E-state index < -0.39 is 0 Å². The molecule has 0 aliphatic rings. The standard InChI is InChI=1S/C17H18N4OS/c1-4-21-16(22)13-7-5-6-8-14(13)18-17(21)20-19-12(3)15-10-9-11(2)23-15/h5-10H,4H2,1-3H3,(H,18,20)/b19-12-. The van der Waals surface area contributed by atoms with Gasteiger partial charge in [0.15, 0.2) is 0 Å². The molecule has 118 valence electrons. The molecule has 5 nitrogen and oxygen atoms in total. The molecule has 23 heavy (non-hydrogen) atoms. The third kappa shape index (κ3) is 3.03. The summed E-state index contributed by atoms with van der Waals surface area (Å²) in [6.07, 6.45) is 0.